The van der Waals surface area contributed by atoms with Crippen molar-refractivity contribution in [2.24, 2.45) is 0 Å². The fraction of sp³-hybridized carbons (Fsp3) is 0.700. The van der Waals surface area contributed by atoms with Gasteiger partial charge in [-0.15, -0.1) is 0 Å². The van der Waals surface area contributed by atoms with Gasteiger partial charge in [0.1, 0.15) is 6.10 Å². The Morgan fingerprint density at radius 2 is 0.864 bits per heavy atom. The lowest BCUT2D eigenvalue weighted by Gasteiger charge is -2.24. The minimum atomic E-state index is -0.812. The maximum absolute atomic E-state index is 13.2. The number of allylic oxidation sites excluding steroid dienone is 16. The number of carbonyl (C=O) groups is 2. The molecule has 0 aromatic carbocycles. The first-order valence-corrected chi connectivity index (χ1v) is 27.5. The second kappa shape index (κ2) is 52.7. The molecule has 0 rings (SSSR count). The Morgan fingerprint density at radius 1 is 0.470 bits per heavy atom. The van der Waals surface area contributed by atoms with Gasteiger partial charge in [0, 0.05) is 6.42 Å². The molecule has 3 N–H and O–H groups in total. The van der Waals surface area contributed by atoms with Crippen LogP contribution in [-0.2, 0) is 14.3 Å². The lowest BCUT2D eigenvalue weighted by atomic mass is 10.0. The summed E-state index contributed by atoms with van der Waals surface area (Å²) in [5, 5.41) is 23.8. The topological polar surface area (TPSA) is 95.9 Å². The van der Waals surface area contributed by atoms with Crippen LogP contribution in [0.5, 0.6) is 0 Å². The molecule has 66 heavy (non-hydrogen) atoms. The van der Waals surface area contributed by atoms with E-state index >= 15 is 0 Å². The first kappa shape index (κ1) is 62.8. The third-order valence-corrected chi connectivity index (χ3v) is 11.9. The highest BCUT2D eigenvalue weighted by atomic mass is 16.5. The van der Waals surface area contributed by atoms with Crippen LogP contribution in [0, 0.1) is 0 Å². The second-order valence-corrected chi connectivity index (χ2v) is 18.3. The smallest absolute Gasteiger partial charge is 0.306 e. The number of esters is 1. The van der Waals surface area contributed by atoms with E-state index in [0.717, 1.165) is 89.9 Å². The van der Waals surface area contributed by atoms with E-state index in [1.165, 1.54) is 103 Å². The molecule has 378 valence electrons. The summed E-state index contributed by atoms with van der Waals surface area (Å²) in [7, 11) is 0. The van der Waals surface area contributed by atoms with Crippen molar-refractivity contribution in [3.8, 4) is 0 Å². The first-order valence-electron chi connectivity index (χ1n) is 27.5. The number of aliphatic hydroxyl groups excluding tert-OH is 2. The molecule has 0 saturated carbocycles. The molecule has 0 spiro atoms. The van der Waals surface area contributed by atoms with Crippen molar-refractivity contribution in [3.63, 3.8) is 0 Å². The van der Waals surface area contributed by atoms with Gasteiger partial charge in [-0.25, -0.2) is 0 Å². The Labute approximate surface area is 407 Å². The summed E-state index contributed by atoms with van der Waals surface area (Å²) >= 11 is 0. The largest absolute Gasteiger partial charge is 0.462 e. The van der Waals surface area contributed by atoms with Crippen LogP contribution < -0.4 is 5.32 Å². The SMILES string of the molecule is CC/C=C\C/C=C\C/C=C\C/C=C\C/C=C\C/C=C\CCC(=O)OC(CCCCC/C=C/C=C/CCCCCCCCC)CC(=O)NC(CO)C(O)CCCCCCCCCCCCCC. The van der Waals surface area contributed by atoms with E-state index in [9.17, 15) is 19.8 Å². The minimum absolute atomic E-state index is 0.0247. The first-order chi connectivity index (χ1) is 32.5. The molecule has 0 aliphatic carbocycles. The molecule has 3 unspecified atom stereocenters. The molecule has 0 aromatic heterocycles. The Kier molecular flexibility index (Phi) is 50.2. The number of amides is 1. The van der Waals surface area contributed by atoms with Crippen LogP contribution >= 0.6 is 0 Å². The van der Waals surface area contributed by atoms with Crippen LogP contribution in [0.1, 0.15) is 245 Å². The summed E-state index contributed by atoms with van der Waals surface area (Å²) in [5.41, 5.74) is 0. The van der Waals surface area contributed by atoms with Crippen molar-refractivity contribution >= 4 is 11.9 Å². The van der Waals surface area contributed by atoms with E-state index < -0.39 is 18.2 Å². The number of nitrogens with one attached hydrogen (secondary N) is 1. The van der Waals surface area contributed by atoms with Gasteiger partial charge in [0.2, 0.25) is 5.91 Å². The molecule has 6 heteroatoms. The van der Waals surface area contributed by atoms with Gasteiger partial charge in [-0.05, 0) is 89.9 Å². The molecule has 0 heterocycles. The zero-order valence-electron chi connectivity index (χ0n) is 43.0. The highest BCUT2D eigenvalue weighted by Crippen LogP contribution is 2.17. The lowest BCUT2D eigenvalue weighted by molar-refractivity contribution is -0.150. The average molecular weight is 918 g/mol. The molecule has 6 nitrogen and oxygen atoms in total. The molecule has 0 radical (unpaired) electrons. The molecular weight excluding hydrogens is 815 g/mol. The molecule has 0 aliphatic heterocycles. The predicted molar refractivity (Wildman–Crippen MR) is 287 cm³/mol. The normalized spacial score (nSPS) is 14.0. The summed E-state index contributed by atoms with van der Waals surface area (Å²) in [4.78, 5) is 26.2. The van der Waals surface area contributed by atoms with Crippen LogP contribution in [0.25, 0.3) is 0 Å². The summed E-state index contributed by atoms with van der Waals surface area (Å²) < 4.78 is 5.89. The van der Waals surface area contributed by atoms with E-state index in [1.54, 1.807) is 0 Å². The van der Waals surface area contributed by atoms with E-state index in [2.05, 4.69) is 117 Å². The van der Waals surface area contributed by atoms with Gasteiger partial charge in [-0.2, -0.15) is 0 Å². The molecule has 3 atom stereocenters. The maximum Gasteiger partial charge on any atom is 0.306 e. The van der Waals surface area contributed by atoms with Gasteiger partial charge in [-0.3, -0.25) is 9.59 Å². The number of unbranched alkanes of at least 4 members (excludes halogenated alkanes) is 21. The molecule has 1 amide bonds. The van der Waals surface area contributed by atoms with Crippen LogP contribution in [-0.4, -0.2) is 46.9 Å². The van der Waals surface area contributed by atoms with Crippen LogP contribution in [0.4, 0.5) is 0 Å². The Bertz CT molecular complexity index is 1310. The lowest BCUT2D eigenvalue weighted by Crippen LogP contribution is -2.46. The summed E-state index contributed by atoms with van der Waals surface area (Å²) in [6, 6.07) is -0.731. The number of hydrogen-bond donors (Lipinski definition) is 3. The Balaban J connectivity index is 4.76. The van der Waals surface area contributed by atoms with Gasteiger partial charge in [0.05, 0.1) is 25.2 Å². The number of hydrogen-bond acceptors (Lipinski definition) is 5. The van der Waals surface area contributed by atoms with Gasteiger partial charge < -0.3 is 20.3 Å². The van der Waals surface area contributed by atoms with Crippen molar-refractivity contribution in [1.82, 2.24) is 5.32 Å². The number of rotatable bonds is 48. The monoisotopic (exact) mass is 918 g/mol. The third-order valence-electron chi connectivity index (χ3n) is 11.9. The van der Waals surface area contributed by atoms with Crippen molar-refractivity contribution in [2.45, 2.75) is 264 Å². The summed E-state index contributed by atoms with van der Waals surface area (Å²) in [5.74, 6) is -0.604. The van der Waals surface area contributed by atoms with Gasteiger partial charge in [0.25, 0.3) is 0 Å². The molecule has 0 aliphatic rings. The number of aliphatic hydroxyl groups is 2. The summed E-state index contributed by atoms with van der Waals surface area (Å²) in [6.45, 7) is 6.34. The summed E-state index contributed by atoms with van der Waals surface area (Å²) in [6.07, 6.45) is 70.5. The standard InChI is InChI=1S/C60H103NO5/c1-4-7-10-13-16-19-22-25-27-29-30-31-33-35-38-41-44-47-50-53-60(65)66-56(51-48-45-42-39-36-34-32-28-26-23-20-17-14-11-8-5-2)54-59(64)61-57(55-62)58(63)52-49-46-43-40-37-24-21-18-15-12-9-6-3/h7,10,16,19,25,27-28,30-32,34-36,38,44,47,56-58,62-63H,4-6,8-9,11-15,17-18,20-24,26,29,33,37,39-43,45-46,48-55H2,1-3H3,(H,61,64)/b10-7-,19-16-,27-25-,31-30-,32-28+,36-34+,38-35-,47-44-. The van der Waals surface area contributed by atoms with Crippen molar-refractivity contribution in [2.75, 3.05) is 6.61 Å². The minimum Gasteiger partial charge on any atom is -0.462 e. The Morgan fingerprint density at radius 3 is 1.32 bits per heavy atom. The highest BCUT2D eigenvalue weighted by Gasteiger charge is 2.24. The highest BCUT2D eigenvalue weighted by molar-refractivity contribution is 5.77. The van der Waals surface area contributed by atoms with Gasteiger partial charge >= 0.3 is 5.97 Å². The maximum atomic E-state index is 13.2. The molecule has 0 aromatic rings. The van der Waals surface area contributed by atoms with Gasteiger partial charge in [0.15, 0.2) is 0 Å². The number of carbonyl (C=O) groups excluding carboxylic acids is 2. The zero-order chi connectivity index (χ0) is 48.1. The Hall–Kier alpha value is -3.22. The van der Waals surface area contributed by atoms with Crippen molar-refractivity contribution in [3.05, 3.63) is 97.2 Å². The third kappa shape index (κ3) is 47.3. The fourth-order valence-electron chi connectivity index (χ4n) is 7.80. The molecule has 0 bridgehead atoms. The van der Waals surface area contributed by atoms with E-state index in [4.69, 9.17) is 4.74 Å². The van der Waals surface area contributed by atoms with E-state index in [0.29, 0.717) is 19.3 Å². The quantitative estimate of drug-likeness (QED) is 0.0245. The second-order valence-electron chi connectivity index (χ2n) is 18.3. The van der Waals surface area contributed by atoms with Crippen molar-refractivity contribution < 1.29 is 24.5 Å². The van der Waals surface area contributed by atoms with Crippen LogP contribution in [0.2, 0.25) is 0 Å². The molecular formula is C60H103NO5. The van der Waals surface area contributed by atoms with E-state index in [-0.39, 0.29) is 31.3 Å². The van der Waals surface area contributed by atoms with Gasteiger partial charge in [-0.1, -0.05) is 240 Å². The van der Waals surface area contributed by atoms with E-state index in [1.807, 2.05) is 6.08 Å². The predicted octanol–water partition coefficient (Wildman–Crippen LogP) is 16.9. The van der Waals surface area contributed by atoms with Crippen molar-refractivity contribution in [1.29, 1.82) is 0 Å². The van der Waals surface area contributed by atoms with Crippen LogP contribution in [0.3, 0.4) is 0 Å². The number of ether oxygens (including phenoxy) is 1. The average Bonchev–Trinajstić information content (AvgIpc) is 3.31. The molecule has 0 saturated heterocycles. The molecule has 0 fully saturated rings. The zero-order valence-corrected chi connectivity index (χ0v) is 43.0. The fourth-order valence-corrected chi connectivity index (χ4v) is 7.80. The van der Waals surface area contributed by atoms with Crippen LogP contribution in [0.15, 0.2) is 97.2 Å².